The second-order valence-electron chi connectivity index (χ2n) is 4.97. The molecule has 0 heterocycles. The Bertz CT molecular complexity index is 139. The van der Waals surface area contributed by atoms with E-state index in [4.69, 9.17) is 11.5 Å². The molecule has 0 bridgehead atoms. The summed E-state index contributed by atoms with van der Waals surface area (Å²) >= 11 is 0. The summed E-state index contributed by atoms with van der Waals surface area (Å²) in [6.45, 7) is 5.94. The first-order valence-electron chi connectivity index (χ1n) is 7.46. The number of nitrogens with one attached hydrogen (secondary N) is 1. The van der Waals surface area contributed by atoms with Crippen molar-refractivity contribution in [1.82, 2.24) is 5.32 Å². The van der Waals surface area contributed by atoms with Crippen LogP contribution in [0.5, 0.6) is 0 Å². The molecule has 0 rings (SSSR count). The van der Waals surface area contributed by atoms with E-state index in [1.807, 2.05) is 0 Å². The quantitative estimate of drug-likeness (QED) is 0.435. The Morgan fingerprint density at radius 2 is 1.59 bits per heavy atom. The maximum atomic E-state index is 5.66. The molecule has 0 aliphatic heterocycles. The van der Waals surface area contributed by atoms with Gasteiger partial charge in [-0.2, -0.15) is 0 Å². The highest BCUT2D eigenvalue weighted by Gasteiger charge is 2.06. The fraction of sp³-hybridized carbons (Fsp3) is 1.00. The Morgan fingerprint density at radius 1 is 0.824 bits per heavy atom. The predicted octanol–water partition coefficient (Wildman–Crippen LogP) is 2.25. The highest BCUT2D eigenvalue weighted by atomic mass is 14.9. The Kier molecular flexibility index (Phi) is 13.8. The molecule has 1 atom stereocenters. The smallest absolute Gasteiger partial charge is 0.00745 e. The van der Waals surface area contributed by atoms with Crippen molar-refractivity contribution in [1.29, 1.82) is 0 Å². The van der Waals surface area contributed by atoms with Gasteiger partial charge in [0.25, 0.3) is 0 Å². The summed E-state index contributed by atoms with van der Waals surface area (Å²) in [7, 11) is 0. The van der Waals surface area contributed by atoms with Gasteiger partial charge in [0.15, 0.2) is 0 Å². The molecule has 0 aliphatic rings. The largest absolute Gasteiger partial charge is 0.330 e. The van der Waals surface area contributed by atoms with Gasteiger partial charge >= 0.3 is 0 Å². The van der Waals surface area contributed by atoms with E-state index < -0.39 is 0 Å². The van der Waals surface area contributed by atoms with E-state index in [0.717, 1.165) is 32.1 Å². The van der Waals surface area contributed by atoms with Gasteiger partial charge in [0.2, 0.25) is 0 Å². The second kappa shape index (κ2) is 13.9. The summed E-state index contributed by atoms with van der Waals surface area (Å²) in [5.74, 6) is 0.872. The van der Waals surface area contributed by atoms with Gasteiger partial charge in [0.05, 0.1) is 0 Å². The van der Waals surface area contributed by atoms with Gasteiger partial charge in [-0.15, -0.1) is 0 Å². The minimum atomic E-state index is 0.746. The third kappa shape index (κ3) is 12.1. The van der Waals surface area contributed by atoms with E-state index in [1.54, 1.807) is 0 Å². The molecule has 0 aromatic heterocycles. The van der Waals surface area contributed by atoms with Crippen LogP contribution in [0.3, 0.4) is 0 Å². The van der Waals surface area contributed by atoms with E-state index >= 15 is 0 Å². The summed E-state index contributed by atoms with van der Waals surface area (Å²) in [5.41, 5.74) is 11.1. The lowest BCUT2D eigenvalue weighted by Crippen LogP contribution is -2.23. The zero-order valence-electron chi connectivity index (χ0n) is 11.7. The van der Waals surface area contributed by atoms with E-state index in [9.17, 15) is 0 Å². The summed E-state index contributed by atoms with van der Waals surface area (Å²) in [5, 5.41) is 3.34. The molecule has 0 aliphatic carbocycles. The van der Waals surface area contributed by atoms with Crippen molar-refractivity contribution in [2.45, 2.75) is 58.3 Å². The molecular formula is C14H33N3. The van der Waals surface area contributed by atoms with Crippen molar-refractivity contribution in [3.8, 4) is 0 Å². The molecule has 104 valence electrons. The molecule has 1 unspecified atom stereocenters. The van der Waals surface area contributed by atoms with E-state index in [0.29, 0.717) is 0 Å². The molecule has 0 fully saturated rings. The molecule has 0 aromatic carbocycles. The molecular weight excluding hydrogens is 210 g/mol. The van der Waals surface area contributed by atoms with Crippen LogP contribution < -0.4 is 16.8 Å². The highest BCUT2D eigenvalue weighted by Crippen LogP contribution is 2.19. The standard InChI is InChI=1S/C14H33N3/c1-2-3-7-14(9-10-15)8-5-4-6-12-17-13-11-16/h14,17H,2-13,15-16H2,1H3. The van der Waals surface area contributed by atoms with Gasteiger partial charge in [-0.25, -0.2) is 0 Å². The van der Waals surface area contributed by atoms with E-state index in [-0.39, 0.29) is 0 Å². The van der Waals surface area contributed by atoms with Crippen LogP contribution in [0.4, 0.5) is 0 Å². The van der Waals surface area contributed by atoms with Gasteiger partial charge in [-0.05, 0) is 31.8 Å². The summed E-state index contributed by atoms with van der Waals surface area (Å²) in [6, 6.07) is 0. The highest BCUT2D eigenvalue weighted by molar-refractivity contribution is 4.61. The third-order valence-electron chi connectivity index (χ3n) is 3.33. The zero-order valence-corrected chi connectivity index (χ0v) is 11.7. The molecule has 5 N–H and O–H groups in total. The van der Waals surface area contributed by atoms with Crippen LogP contribution in [-0.4, -0.2) is 26.2 Å². The van der Waals surface area contributed by atoms with Crippen molar-refractivity contribution in [2.24, 2.45) is 17.4 Å². The Labute approximate surface area is 108 Å². The first kappa shape index (κ1) is 16.9. The molecule has 0 saturated carbocycles. The van der Waals surface area contributed by atoms with Crippen LogP contribution in [-0.2, 0) is 0 Å². The van der Waals surface area contributed by atoms with Crippen LogP contribution in [0.15, 0.2) is 0 Å². The first-order chi connectivity index (χ1) is 8.35. The van der Waals surface area contributed by atoms with E-state index in [2.05, 4.69) is 12.2 Å². The van der Waals surface area contributed by atoms with Crippen molar-refractivity contribution in [3.05, 3.63) is 0 Å². The molecule has 17 heavy (non-hydrogen) atoms. The van der Waals surface area contributed by atoms with Crippen molar-refractivity contribution < 1.29 is 0 Å². The lowest BCUT2D eigenvalue weighted by atomic mass is 9.92. The average molecular weight is 243 g/mol. The van der Waals surface area contributed by atoms with Crippen molar-refractivity contribution >= 4 is 0 Å². The fourth-order valence-electron chi connectivity index (χ4n) is 2.25. The number of rotatable bonds is 13. The predicted molar refractivity (Wildman–Crippen MR) is 77.1 cm³/mol. The SMILES string of the molecule is CCCCC(CCN)CCCCCNCCN. The number of unbranched alkanes of at least 4 members (excludes halogenated alkanes) is 3. The van der Waals surface area contributed by atoms with Crippen LogP contribution in [0.1, 0.15) is 58.3 Å². The van der Waals surface area contributed by atoms with Gasteiger partial charge in [0, 0.05) is 13.1 Å². The maximum absolute atomic E-state index is 5.66. The Balaban J connectivity index is 3.34. The summed E-state index contributed by atoms with van der Waals surface area (Å²) < 4.78 is 0. The molecule has 0 radical (unpaired) electrons. The molecule has 0 spiro atoms. The molecule has 0 saturated heterocycles. The normalized spacial score (nSPS) is 12.9. The Hall–Kier alpha value is -0.120. The second-order valence-corrected chi connectivity index (χ2v) is 4.97. The number of hydrogen-bond acceptors (Lipinski definition) is 3. The zero-order chi connectivity index (χ0) is 12.8. The number of nitrogens with two attached hydrogens (primary N) is 2. The van der Waals surface area contributed by atoms with Crippen LogP contribution in [0, 0.1) is 5.92 Å². The Morgan fingerprint density at radius 3 is 2.24 bits per heavy atom. The minimum Gasteiger partial charge on any atom is -0.330 e. The lowest BCUT2D eigenvalue weighted by Gasteiger charge is -2.15. The minimum absolute atomic E-state index is 0.746. The molecule has 0 amide bonds. The van der Waals surface area contributed by atoms with Gasteiger partial charge in [-0.1, -0.05) is 45.4 Å². The summed E-state index contributed by atoms with van der Waals surface area (Å²) in [6.07, 6.45) is 10.6. The topological polar surface area (TPSA) is 64.1 Å². The monoisotopic (exact) mass is 243 g/mol. The van der Waals surface area contributed by atoms with Crippen LogP contribution >= 0.6 is 0 Å². The van der Waals surface area contributed by atoms with Crippen LogP contribution in [0.2, 0.25) is 0 Å². The van der Waals surface area contributed by atoms with Crippen molar-refractivity contribution in [3.63, 3.8) is 0 Å². The first-order valence-corrected chi connectivity index (χ1v) is 7.46. The molecule has 0 aromatic rings. The fourth-order valence-corrected chi connectivity index (χ4v) is 2.25. The number of hydrogen-bond donors (Lipinski definition) is 3. The van der Waals surface area contributed by atoms with Gasteiger partial charge in [0.1, 0.15) is 0 Å². The summed E-state index contributed by atoms with van der Waals surface area (Å²) in [4.78, 5) is 0. The van der Waals surface area contributed by atoms with Crippen LogP contribution in [0.25, 0.3) is 0 Å². The van der Waals surface area contributed by atoms with Gasteiger partial charge in [-0.3, -0.25) is 0 Å². The maximum Gasteiger partial charge on any atom is 0.00745 e. The average Bonchev–Trinajstić information content (AvgIpc) is 2.34. The van der Waals surface area contributed by atoms with E-state index in [1.165, 1.54) is 51.4 Å². The molecule has 3 nitrogen and oxygen atoms in total. The van der Waals surface area contributed by atoms with Crippen molar-refractivity contribution in [2.75, 3.05) is 26.2 Å². The van der Waals surface area contributed by atoms with Gasteiger partial charge < -0.3 is 16.8 Å². The molecule has 3 heteroatoms. The third-order valence-corrected chi connectivity index (χ3v) is 3.33. The lowest BCUT2D eigenvalue weighted by molar-refractivity contribution is 0.392.